The van der Waals surface area contributed by atoms with Crippen molar-refractivity contribution in [3.05, 3.63) is 83.7 Å². The lowest BCUT2D eigenvalue weighted by atomic mass is 9.96. The fourth-order valence-corrected chi connectivity index (χ4v) is 2.58. The molecule has 0 radical (unpaired) electrons. The van der Waals surface area contributed by atoms with Crippen LogP contribution in [-0.4, -0.2) is 28.6 Å². The summed E-state index contributed by atoms with van der Waals surface area (Å²) in [5, 5.41) is 8.04. The standard InChI is InChI=1S/C21H20FN3O3/c1-2-12-27-20-13-17(9-10-18(20)19-4-3-11-23-25-19)24-21(26)28-14-15-5-7-16(22)8-6-15/h3-11,13,18H,2,12,14H2,1H3. The number of allylic oxidation sites excluding steroid dienone is 3. The molecule has 3 rings (SSSR count). The van der Waals surface area contributed by atoms with Gasteiger partial charge in [0.2, 0.25) is 0 Å². The van der Waals surface area contributed by atoms with Crippen molar-refractivity contribution in [1.82, 2.24) is 10.2 Å². The van der Waals surface area contributed by atoms with E-state index in [0.29, 0.717) is 23.6 Å². The summed E-state index contributed by atoms with van der Waals surface area (Å²) in [6.45, 7) is 2.57. The molecule has 0 aliphatic heterocycles. The number of hydrogen-bond donors (Lipinski definition) is 0. The number of rotatable bonds is 6. The summed E-state index contributed by atoms with van der Waals surface area (Å²) in [6.07, 6.45) is 7.01. The minimum Gasteiger partial charge on any atom is -0.497 e. The van der Waals surface area contributed by atoms with Gasteiger partial charge in [0.05, 0.1) is 23.9 Å². The van der Waals surface area contributed by atoms with Crippen LogP contribution in [0.1, 0.15) is 30.5 Å². The second-order valence-corrected chi connectivity index (χ2v) is 6.10. The lowest BCUT2D eigenvalue weighted by Crippen LogP contribution is -2.13. The molecule has 28 heavy (non-hydrogen) atoms. The summed E-state index contributed by atoms with van der Waals surface area (Å²) in [6, 6.07) is 9.41. The number of hydrogen-bond acceptors (Lipinski definition) is 5. The number of benzene rings is 1. The molecule has 1 amide bonds. The van der Waals surface area contributed by atoms with Gasteiger partial charge in [0, 0.05) is 12.3 Å². The number of carbonyl (C=O) groups is 1. The number of carbonyl (C=O) groups excluding carboxylic acids is 1. The summed E-state index contributed by atoms with van der Waals surface area (Å²) < 4.78 is 23.9. The Balaban J connectivity index is 1.69. The van der Waals surface area contributed by atoms with Gasteiger partial charge < -0.3 is 9.47 Å². The quantitative estimate of drug-likeness (QED) is 0.743. The molecule has 1 atom stereocenters. The third-order valence-electron chi connectivity index (χ3n) is 3.94. The lowest BCUT2D eigenvalue weighted by molar-refractivity contribution is 0.151. The SMILES string of the molecule is CCCOC1=CC(=NC(=O)OCc2ccc(F)cc2)C=CC1c1cccnn1. The van der Waals surface area contributed by atoms with Gasteiger partial charge in [-0.3, -0.25) is 0 Å². The first-order valence-electron chi connectivity index (χ1n) is 8.96. The van der Waals surface area contributed by atoms with Crippen molar-refractivity contribution in [1.29, 1.82) is 0 Å². The largest absolute Gasteiger partial charge is 0.497 e. The predicted molar refractivity (Wildman–Crippen MR) is 102 cm³/mol. The Bertz CT molecular complexity index is 893. The van der Waals surface area contributed by atoms with Gasteiger partial charge in [-0.05, 0) is 42.3 Å². The second kappa shape index (κ2) is 9.55. The monoisotopic (exact) mass is 381 g/mol. The maximum absolute atomic E-state index is 12.9. The van der Waals surface area contributed by atoms with Crippen LogP contribution in [0.2, 0.25) is 0 Å². The van der Waals surface area contributed by atoms with Gasteiger partial charge in [-0.25, -0.2) is 9.18 Å². The van der Waals surface area contributed by atoms with E-state index in [9.17, 15) is 9.18 Å². The molecule has 0 N–H and O–H groups in total. The number of amides is 1. The normalized spacial score (nSPS) is 17.3. The van der Waals surface area contributed by atoms with E-state index in [1.165, 1.54) is 12.1 Å². The summed E-state index contributed by atoms with van der Waals surface area (Å²) in [7, 11) is 0. The van der Waals surface area contributed by atoms with Crippen molar-refractivity contribution in [2.45, 2.75) is 25.9 Å². The van der Waals surface area contributed by atoms with Crippen LogP contribution < -0.4 is 0 Å². The molecule has 0 saturated carbocycles. The van der Waals surface area contributed by atoms with E-state index in [1.807, 2.05) is 25.1 Å². The first-order chi connectivity index (χ1) is 13.7. The van der Waals surface area contributed by atoms with Gasteiger partial charge in [0.1, 0.15) is 18.2 Å². The van der Waals surface area contributed by atoms with E-state index in [0.717, 1.165) is 12.1 Å². The van der Waals surface area contributed by atoms with E-state index < -0.39 is 6.09 Å². The van der Waals surface area contributed by atoms with E-state index in [4.69, 9.17) is 9.47 Å². The molecular weight excluding hydrogens is 361 g/mol. The average molecular weight is 381 g/mol. The summed E-state index contributed by atoms with van der Waals surface area (Å²) in [5.41, 5.74) is 1.86. The first-order valence-corrected chi connectivity index (χ1v) is 8.96. The van der Waals surface area contributed by atoms with Gasteiger partial charge in [-0.2, -0.15) is 15.2 Å². The van der Waals surface area contributed by atoms with Crippen LogP contribution in [0.15, 0.2) is 71.6 Å². The number of ether oxygens (including phenoxy) is 2. The van der Waals surface area contributed by atoms with Gasteiger partial charge in [-0.1, -0.05) is 25.1 Å². The van der Waals surface area contributed by atoms with E-state index in [2.05, 4.69) is 15.2 Å². The Morgan fingerprint density at radius 2 is 2.07 bits per heavy atom. The summed E-state index contributed by atoms with van der Waals surface area (Å²) in [5.74, 6) is 0.120. The number of halogens is 1. The molecule has 0 bridgehead atoms. The second-order valence-electron chi connectivity index (χ2n) is 6.10. The molecule has 1 unspecified atom stereocenters. The third kappa shape index (κ3) is 5.33. The molecule has 1 heterocycles. The number of nitrogens with zero attached hydrogens (tertiary/aromatic N) is 3. The molecule has 1 aliphatic carbocycles. The fourth-order valence-electron chi connectivity index (χ4n) is 2.58. The molecule has 2 aromatic rings. The summed E-state index contributed by atoms with van der Waals surface area (Å²) >= 11 is 0. The van der Waals surface area contributed by atoms with Crippen molar-refractivity contribution in [3.63, 3.8) is 0 Å². The zero-order valence-corrected chi connectivity index (χ0v) is 15.4. The Morgan fingerprint density at radius 3 is 2.79 bits per heavy atom. The Hall–Kier alpha value is -3.35. The van der Waals surface area contributed by atoms with Gasteiger partial charge in [0.25, 0.3) is 0 Å². The zero-order chi connectivity index (χ0) is 19.8. The fraction of sp³-hybridized carbons (Fsp3) is 0.238. The smallest absolute Gasteiger partial charge is 0.434 e. The maximum atomic E-state index is 12.9. The highest BCUT2D eigenvalue weighted by Crippen LogP contribution is 2.28. The van der Waals surface area contributed by atoms with Crippen LogP contribution in [0, 0.1) is 5.82 Å². The van der Waals surface area contributed by atoms with Crippen LogP contribution >= 0.6 is 0 Å². The average Bonchev–Trinajstić information content (AvgIpc) is 2.72. The third-order valence-corrected chi connectivity index (χ3v) is 3.94. The van der Waals surface area contributed by atoms with Crippen molar-refractivity contribution >= 4 is 11.8 Å². The van der Waals surface area contributed by atoms with Crippen LogP contribution in [0.25, 0.3) is 0 Å². The van der Waals surface area contributed by atoms with E-state index >= 15 is 0 Å². The minimum absolute atomic E-state index is 0.0186. The minimum atomic E-state index is -0.729. The van der Waals surface area contributed by atoms with Crippen LogP contribution in [0.5, 0.6) is 0 Å². The Kier molecular flexibility index (Phi) is 6.62. The highest BCUT2D eigenvalue weighted by atomic mass is 19.1. The first kappa shape index (κ1) is 19.4. The van der Waals surface area contributed by atoms with Crippen molar-refractivity contribution in [2.24, 2.45) is 4.99 Å². The van der Waals surface area contributed by atoms with Crippen LogP contribution in [-0.2, 0) is 16.1 Å². The van der Waals surface area contributed by atoms with Crippen LogP contribution in [0.3, 0.4) is 0 Å². The van der Waals surface area contributed by atoms with Gasteiger partial charge in [-0.15, -0.1) is 0 Å². The summed E-state index contributed by atoms with van der Waals surface area (Å²) in [4.78, 5) is 16.0. The molecular formula is C21H20FN3O3. The van der Waals surface area contributed by atoms with Crippen molar-refractivity contribution in [2.75, 3.05) is 6.61 Å². The highest BCUT2D eigenvalue weighted by molar-refractivity contribution is 6.09. The molecule has 144 valence electrons. The Labute approximate surface area is 162 Å². The Morgan fingerprint density at radius 1 is 1.25 bits per heavy atom. The zero-order valence-electron chi connectivity index (χ0n) is 15.4. The lowest BCUT2D eigenvalue weighted by Gasteiger charge is -2.20. The molecule has 1 aromatic carbocycles. The molecule has 0 saturated heterocycles. The van der Waals surface area contributed by atoms with Crippen LogP contribution in [0.4, 0.5) is 9.18 Å². The number of aliphatic imine (C=N–C) groups is 1. The maximum Gasteiger partial charge on any atom is 0.434 e. The topological polar surface area (TPSA) is 73.7 Å². The highest BCUT2D eigenvalue weighted by Gasteiger charge is 2.21. The number of aromatic nitrogens is 2. The molecule has 0 spiro atoms. The van der Waals surface area contributed by atoms with E-state index in [-0.39, 0.29) is 18.3 Å². The molecule has 1 aliphatic rings. The molecule has 7 heteroatoms. The van der Waals surface area contributed by atoms with Gasteiger partial charge >= 0.3 is 6.09 Å². The molecule has 0 fully saturated rings. The molecule has 1 aromatic heterocycles. The molecule has 6 nitrogen and oxygen atoms in total. The van der Waals surface area contributed by atoms with Crippen molar-refractivity contribution < 1.29 is 18.7 Å². The van der Waals surface area contributed by atoms with Crippen molar-refractivity contribution in [3.8, 4) is 0 Å². The van der Waals surface area contributed by atoms with Gasteiger partial charge in [0.15, 0.2) is 0 Å². The predicted octanol–water partition coefficient (Wildman–Crippen LogP) is 4.36. The van der Waals surface area contributed by atoms with E-state index in [1.54, 1.807) is 30.5 Å².